The molecular weight excluding hydrogens is 669 g/mol. The Hall–Kier alpha value is -2.66. The van der Waals surface area contributed by atoms with Crippen LogP contribution >= 0.6 is 0 Å². The Morgan fingerprint density at radius 1 is 0.426 bits per heavy atom. The topological polar surface area (TPSA) is 61.8 Å². The maximum atomic E-state index is 12.6. The minimum Gasteiger partial charge on any atom is -0.462 e. The van der Waals surface area contributed by atoms with Crippen molar-refractivity contribution in [3.8, 4) is 0 Å². The molecule has 0 aliphatic carbocycles. The predicted molar refractivity (Wildman–Crippen MR) is 233 cm³/mol. The molecule has 0 amide bonds. The van der Waals surface area contributed by atoms with Crippen LogP contribution in [0.2, 0.25) is 0 Å². The number of ether oxygens (including phenoxy) is 3. The van der Waals surface area contributed by atoms with Gasteiger partial charge in [-0.2, -0.15) is 0 Å². The Morgan fingerprint density at radius 3 is 1.26 bits per heavy atom. The minimum atomic E-state index is -0.561. The minimum absolute atomic E-state index is 0.0623. The second kappa shape index (κ2) is 44.7. The van der Waals surface area contributed by atoms with Crippen LogP contribution in [0.3, 0.4) is 0 Å². The smallest absolute Gasteiger partial charge is 0.306 e. The van der Waals surface area contributed by atoms with E-state index in [0.29, 0.717) is 19.4 Å². The van der Waals surface area contributed by atoms with Crippen LogP contribution in [0, 0.1) is 0 Å². The number of unbranched alkanes of at least 4 members (excludes halogenated alkanes) is 17. The zero-order valence-electron chi connectivity index (χ0n) is 35.5. The molecule has 0 saturated heterocycles. The van der Waals surface area contributed by atoms with Crippen LogP contribution in [0.15, 0.2) is 72.9 Å². The molecular formula is C49H84O5. The van der Waals surface area contributed by atoms with Crippen LogP contribution in [0.5, 0.6) is 0 Å². The molecule has 0 bridgehead atoms. The number of esters is 2. The summed E-state index contributed by atoms with van der Waals surface area (Å²) in [5.41, 5.74) is 0. The average molecular weight is 753 g/mol. The highest BCUT2D eigenvalue weighted by Gasteiger charge is 2.17. The molecule has 0 rings (SSSR count). The number of hydrogen-bond acceptors (Lipinski definition) is 5. The maximum Gasteiger partial charge on any atom is 0.306 e. The summed E-state index contributed by atoms with van der Waals surface area (Å²) >= 11 is 0. The van der Waals surface area contributed by atoms with Crippen molar-refractivity contribution in [1.29, 1.82) is 0 Å². The van der Waals surface area contributed by atoms with Gasteiger partial charge in [0.15, 0.2) is 6.10 Å². The molecule has 1 unspecified atom stereocenters. The first kappa shape index (κ1) is 51.3. The molecule has 0 aliphatic heterocycles. The molecule has 310 valence electrons. The molecule has 0 aromatic heterocycles. The largest absolute Gasteiger partial charge is 0.462 e. The van der Waals surface area contributed by atoms with Gasteiger partial charge in [-0.3, -0.25) is 9.59 Å². The van der Waals surface area contributed by atoms with Gasteiger partial charge in [0, 0.05) is 19.4 Å². The molecule has 0 aromatic carbocycles. The second-order valence-corrected chi connectivity index (χ2v) is 14.6. The van der Waals surface area contributed by atoms with Gasteiger partial charge in [-0.25, -0.2) is 0 Å². The van der Waals surface area contributed by atoms with E-state index in [1.807, 2.05) is 0 Å². The maximum absolute atomic E-state index is 12.6. The summed E-state index contributed by atoms with van der Waals surface area (Å²) in [5.74, 6) is -0.437. The van der Waals surface area contributed by atoms with E-state index in [4.69, 9.17) is 14.2 Å². The summed E-state index contributed by atoms with van der Waals surface area (Å²) in [5, 5.41) is 0. The zero-order valence-corrected chi connectivity index (χ0v) is 35.5. The first-order valence-corrected chi connectivity index (χ1v) is 22.5. The average Bonchev–Trinajstić information content (AvgIpc) is 3.17. The number of rotatable bonds is 40. The fourth-order valence-electron chi connectivity index (χ4n) is 5.94. The lowest BCUT2D eigenvalue weighted by Crippen LogP contribution is -2.30. The number of carbonyl (C=O) groups excluding carboxylic acids is 2. The van der Waals surface area contributed by atoms with Gasteiger partial charge < -0.3 is 14.2 Å². The normalized spacial score (nSPS) is 12.9. The molecule has 0 heterocycles. The third-order valence-electron chi connectivity index (χ3n) is 9.26. The quantitative estimate of drug-likeness (QED) is 0.0354. The summed E-state index contributed by atoms with van der Waals surface area (Å²) < 4.78 is 17.2. The monoisotopic (exact) mass is 753 g/mol. The molecule has 5 nitrogen and oxygen atoms in total. The van der Waals surface area contributed by atoms with Crippen LogP contribution in [0.1, 0.15) is 201 Å². The van der Waals surface area contributed by atoms with Crippen LogP contribution in [-0.4, -0.2) is 37.9 Å². The van der Waals surface area contributed by atoms with Gasteiger partial charge in [-0.05, 0) is 64.2 Å². The molecule has 5 heteroatoms. The van der Waals surface area contributed by atoms with Gasteiger partial charge in [0.05, 0.1) is 6.61 Å². The van der Waals surface area contributed by atoms with Gasteiger partial charge in [0.25, 0.3) is 0 Å². The second-order valence-electron chi connectivity index (χ2n) is 14.6. The summed E-state index contributed by atoms with van der Waals surface area (Å²) in [6.45, 7) is 7.52. The highest BCUT2D eigenvalue weighted by atomic mass is 16.6. The lowest BCUT2D eigenvalue weighted by molar-refractivity contribution is -0.163. The van der Waals surface area contributed by atoms with Gasteiger partial charge in [0.2, 0.25) is 0 Å². The van der Waals surface area contributed by atoms with E-state index >= 15 is 0 Å². The van der Waals surface area contributed by atoms with Crippen molar-refractivity contribution in [2.75, 3.05) is 19.8 Å². The highest BCUT2D eigenvalue weighted by molar-refractivity contribution is 5.70. The first-order valence-electron chi connectivity index (χ1n) is 22.5. The molecule has 0 fully saturated rings. The molecule has 0 radical (unpaired) electrons. The summed E-state index contributed by atoms with van der Waals surface area (Å²) in [4.78, 5) is 25.1. The van der Waals surface area contributed by atoms with Crippen molar-refractivity contribution in [3.05, 3.63) is 72.9 Å². The van der Waals surface area contributed by atoms with E-state index in [1.54, 1.807) is 0 Å². The number of hydrogen-bond donors (Lipinski definition) is 0. The van der Waals surface area contributed by atoms with Crippen LogP contribution < -0.4 is 0 Å². The van der Waals surface area contributed by atoms with Crippen molar-refractivity contribution in [1.82, 2.24) is 0 Å². The Bertz CT molecular complexity index is 988. The highest BCUT2D eigenvalue weighted by Crippen LogP contribution is 2.13. The van der Waals surface area contributed by atoms with E-state index in [2.05, 4.69) is 93.7 Å². The van der Waals surface area contributed by atoms with Gasteiger partial charge in [0.1, 0.15) is 6.61 Å². The Balaban J connectivity index is 4.26. The van der Waals surface area contributed by atoms with E-state index in [0.717, 1.165) is 83.5 Å². The standard InChI is InChI=1S/C49H84O5/c1-4-7-10-13-16-18-20-21-22-23-24-25-26-27-28-30-32-35-38-41-44-52-45-47(54-49(51)43-40-37-33-15-12-9-6-3)46-53-48(50)42-39-36-34-31-29-19-17-14-11-8-5-2/h7,10,16,18,21-22,24-25,27-28,32,35,47H,4-6,8-9,11-15,17,19-20,23,26,29-31,33-34,36-46H2,1-3H3/b10-7-,18-16-,22-21-,25-24-,28-27-,35-32-. The van der Waals surface area contributed by atoms with Crippen LogP contribution in [0.4, 0.5) is 0 Å². The van der Waals surface area contributed by atoms with Gasteiger partial charge in [-0.15, -0.1) is 0 Å². The fourth-order valence-corrected chi connectivity index (χ4v) is 5.94. The third-order valence-corrected chi connectivity index (χ3v) is 9.26. The lowest BCUT2D eigenvalue weighted by Gasteiger charge is -2.18. The van der Waals surface area contributed by atoms with Gasteiger partial charge >= 0.3 is 11.9 Å². The van der Waals surface area contributed by atoms with Crippen molar-refractivity contribution in [2.24, 2.45) is 0 Å². The van der Waals surface area contributed by atoms with E-state index in [9.17, 15) is 9.59 Å². The fraction of sp³-hybridized carbons (Fsp3) is 0.714. The van der Waals surface area contributed by atoms with E-state index in [-0.39, 0.29) is 25.2 Å². The third kappa shape index (κ3) is 42.1. The summed E-state index contributed by atoms with van der Waals surface area (Å²) in [6.07, 6.45) is 56.4. The lowest BCUT2D eigenvalue weighted by atomic mass is 10.1. The molecule has 0 saturated carbocycles. The number of carbonyl (C=O) groups is 2. The van der Waals surface area contributed by atoms with E-state index in [1.165, 1.54) is 83.5 Å². The van der Waals surface area contributed by atoms with Crippen LogP contribution in [0.25, 0.3) is 0 Å². The molecule has 1 atom stereocenters. The first-order chi connectivity index (χ1) is 26.6. The molecule has 0 N–H and O–H groups in total. The van der Waals surface area contributed by atoms with Gasteiger partial charge in [-0.1, -0.05) is 196 Å². The van der Waals surface area contributed by atoms with Crippen molar-refractivity contribution >= 4 is 11.9 Å². The Labute approximate surface area is 334 Å². The van der Waals surface area contributed by atoms with E-state index < -0.39 is 6.10 Å². The molecule has 54 heavy (non-hydrogen) atoms. The predicted octanol–water partition coefficient (Wildman–Crippen LogP) is 14.8. The number of allylic oxidation sites excluding steroid dienone is 12. The molecule has 0 aromatic rings. The van der Waals surface area contributed by atoms with Crippen molar-refractivity contribution in [3.63, 3.8) is 0 Å². The zero-order chi connectivity index (χ0) is 39.3. The summed E-state index contributed by atoms with van der Waals surface area (Å²) in [6, 6.07) is 0. The Kier molecular flexibility index (Phi) is 42.5. The summed E-state index contributed by atoms with van der Waals surface area (Å²) in [7, 11) is 0. The Morgan fingerprint density at radius 2 is 0.815 bits per heavy atom. The van der Waals surface area contributed by atoms with Crippen molar-refractivity contribution < 1.29 is 23.8 Å². The van der Waals surface area contributed by atoms with Crippen molar-refractivity contribution in [2.45, 2.75) is 207 Å². The molecule has 0 aliphatic rings. The molecule has 0 spiro atoms. The van der Waals surface area contributed by atoms with Crippen LogP contribution in [-0.2, 0) is 23.8 Å². The SMILES string of the molecule is CC/C=C\C/C=C\C/C=C\C/C=C\C/C=C\C/C=C\CCCOCC(COC(=O)CCCCCCCCCCCCC)OC(=O)CCCCCCCCC.